The number of aromatic nitrogens is 2. The Balaban J connectivity index is 2.56. The van der Waals surface area contributed by atoms with Crippen molar-refractivity contribution in [2.24, 2.45) is 0 Å². The molecule has 1 atom stereocenters. The van der Waals surface area contributed by atoms with Gasteiger partial charge in [0.05, 0.1) is 11.8 Å². The molecule has 0 aliphatic carbocycles. The third kappa shape index (κ3) is 1.89. The van der Waals surface area contributed by atoms with Crippen molar-refractivity contribution in [2.45, 2.75) is 13.0 Å². The van der Waals surface area contributed by atoms with E-state index in [0.717, 1.165) is 0 Å². The van der Waals surface area contributed by atoms with Crippen molar-refractivity contribution in [1.82, 2.24) is 9.78 Å². The molecule has 2 rings (SSSR count). The number of aliphatic hydroxyl groups excluding tert-OH is 1. The van der Waals surface area contributed by atoms with Gasteiger partial charge in [-0.3, -0.25) is 0 Å². The molecule has 1 unspecified atom stereocenters. The standard InChI is InChI=1S/C11H11FN2O/c1-8(15)10-7-9(12)3-4-11(10)14-6-2-5-13-14/h2-8,15H,1H3. The van der Waals surface area contributed by atoms with Crippen LogP contribution in [-0.4, -0.2) is 14.9 Å². The van der Waals surface area contributed by atoms with Crippen LogP contribution in [0.3, 0.4) is 0 Å². The minimum Gasteiger partial charge on any atom is -0.389 e. The zero-order chi connectivity index (χ0) is 10.8. The zero-order valence-corrected chi connectivity index (χ0v) is 8.26. The lowest BCUT2D eigenvalue weighted by Crippen LogP contribution is -2.03. The van der Waals surface area contributed by atoms with Gasteiger partial charge in [-0.05, 0) is 31.2 Å². The zero-order valence-electron chi connectivity index (χ0n) is 8.26. The highest BCUT2D eigenvalue weighted by atomic mass is 19.1. The van der Waals surface area contributed by atoms with Gasteiger partial charge in [0.25, 0.3) is 0 Å². The third-order valence-electron chi connectivity index (χ3n) is 2.19. The summed E-state index contributed by atoms with van der Waals surface area (Å²) in [6, 6.07) is 6.05. The molecule has 0 amide bonds. The molecule has 1 heterocycles. The van der Waals surface area contributed by atoms with Gasteiger partial charge in [0.2, 0.25) is 0 Å². The van der Waals surface area contributed by atoms with E-state index in [4.69, 9.17) is 0 Å². The molecular weight excluding hydrogens is 195 g/mol. The first-order valence-electron chi connectivity index (χ1n) is 4.66. The van der Waals surface area contributed by atoms with Crippen LogP contribution in [0, 0.1) is 5.82 Å². The van der Waals surface area contributed by atoms with Gasteiger partial charge in [0, 0.05) is 18.0 Å². The van der Waals surface area contributed by atoms with E-state index in [1.54, 1.807) is 36.1 Å². The summed E-state index contributed by atoms with van der Waals surface area (Å²) >= 11 is 0. The molecule has 3 nitrogen and oxygen atoms in total. The van der Waals surface area contributed by atoms with Crippen LogP contribution >= 0.6 is 0 Å². The van der Waals surface area contributed by atoms with Gasteiger partial charge in [0.1, 0.15) is 5.82 Å². The summed E-state index contributed by atoms with van der Waals surface area (Å²) < 4.78 is 14.6. The molecular formula is C11H11FN2O. The van der Waals surface area contributed by atoms with Crippen LogP contribution in [0.2, 0.25) is 0 Å². The second kappa shape index (κ2) is 3.82. The van der Waals surface area contributed by atoms with Crippen molar-refractivity contribution in [1.29, 1.82) is 0 Å². The summed E-state index contributed by atoms with van der Waals surface area (Å²) in [6.45, 7) is 1.60. The Morgan fingerprint density at radius 1 is 1.47 bits per heavy atom. The monoisotopic (exact) mass is 206 g/mol. The van der Waals surface area contributed by atoms with Crippen molar-refractivity contribution < 1.29 is 9.50 Å². The molecule has 0 aliphatic heterocycles. The Bertz CT molecular complexity index is 452. The maximum Gasteiger partial charge on any atom is 0.123 e. The number of hydrogen-bond donors (Lipinski definition) is 1. The second-order valence-electron chi connectivity index (χ2n) is 3.33. The van der Waals surface area contributed by atoms with Crippen molar-refractivity contribution in [3.05, 3.63) is 48.0 Å². The lowest BCUT2D eigenvalue weighted by molar-refractivity contribution is 0.198. The molecule has 0 aliphatic rings. The molecule has 0 radical (unpaired) electrons. The normalized spacial score (nSPS) is 12.7. The number of hydrogen-bond acceptors (Lipinski definition) is 2. The van der Waals surface area contributed by atoms with Gasteiger partial charge in [-0.15, -0.1) is 0 Å². The Morgan fingerprint density at radius 3 is 2.87 bits per heavy atom. The van der Waals surface area contributed by atoms with Crippen molar-refractivity contribution in [3.8, 4) is 5.69 Å². The molecule has 0 spiro atoms. The summed E-state index contributed by atoms with van der Waals surface area (Å²) in [5, 5.41) is 13.6. The lowest BCUT2D eigenvalue weighted by atomic mass is 10.1. The Hall–Kier alpha value is -1.68. The molecule has 1 N–H and O–H groups in total. The first-order chi connectivity index (χ1) is 7.18. The smallest absolute Gasteiger partial charge is 0.123 e. The number of halogens is 1. The molecule has 1 aromatic heterocycles. The predicted molar refractivity (Wildman–Crippen MR) is 54.2 cm³/mol. The maximum atomic E-state index is 13.0. The Labute approximate surface area is 86.8 Å². The van der Waals surface area contributed by atoms with Crippen LogP contribution in [0.25, 0.3) is 5.69 Å². The van der Waals surface area contributed by atoms with Gasteiger partial charge in [-0.1, -0.05) is 0 Å². The van der Waals surface area contributed by atoms with Crippen LogP contribution in [0.4, 0.5) is 4.39 Å². The highest BCUT2D eigenvalue weighted by Crippen LogP contribution is 2.21. The fraction of sp³-hybridized carbons (Fsp3) is 0.182. The molecule has 2 aromatic rings. The fourth-order valence-corrected chi connectivity index (χ4v) is 1.48. The number of benzene rings is 1. The molecule has 4 heteroatoms. The van der Waals surface area contributed by atoms with Crippen LogP contribution in [0.15, 0.2) is 36.7 Å². The van der Waals surface area contributed by atoms with Crippen LogP contribution in [0.1, 0.15) is 18.6 Å². The Morgan fingerprint density at radius 2 is 2.27 bits per heavy atom. The summed E-state index contributed by atoms with van der Waals surface area (Å²) in [4.78, 5) is 0. The first-order valence-corrected chi connectivity index (χ1v) is 4.66. The summed E-state index contributed by atoms with van der Waals surface area (Å²) in [7, 11) is 0. The fourth-order valence-electron chi connectivity index (χ4n) is 1.48. The molecule has 15 heavy (non-hydrogen) atoms. The first kappa shape index (κ1) is 9.86. The third-order valence-corrected chi connectivity index (χ3v) is 2.19. The van der Waals surface area contributed by atoms with E-state index in [1.807, 2.05) is 0 Å². The summed E-state index contributed by atoms with van der Waals surface area (Å²) in [5.41, 5.74) is 1.22. The van der Waals surface area contributed by atoms with Crippen LogP contribution in [-0.2, 0) is 0 Å². The van der Waals surface area contributed by atoms with Crippen LogP contribution in [0.5, 0.6) is 0 Å². The van der Waals surface area contributed by atoms with Gasteiger partial charge < -0.3 is 5.11 Å². The number of nitrogens with zero attached hydrogens (tertiary/aromatic N) is 2. The van der Waals surface area contributed by atoms with Gasteiger partial charge >= 0.3 is 0 Å². The number of rotatable bonds is 2. The van der Waals surface area contributed by atoms with Gasteiger partial charge in [-0.2, -0.15) is 5.10 Å². The van der Waals surface area contributed by atoms with E-state index in [2.05, 4.69) is 5.10 Å². The van der Waals surface area contributed by atoms with Crippen molar-refractivity contribution in [2.75, 3.05) is 0 Å². The average Bonchev–Trinajstić information content (AvgIpc) is 2.70. The largest absolute Gasteiger partial charge is 0.389 e. The van der Waals surface area contributed by atoms with Crippen molar-refractivity contribution in [3.63, 3.8) is 0 Å². The Kier molecular flexibility index (Phi) is 2.51. The minimum atomic E-state index is -0.722. The van der Waals surface area contributed by atoms with Gasteiger partial charge in [-0.25, -0.2) is 9.07 Å². The summed E-state index contributed by atoms with van der Waals surface area (Å²) in [5.74, 6) is -0.359. The molecule has 0 saturated carbocycles. The summed E-state index contributed by atoms with van der Waals surface area (Å²) in [6.07, 6.45) is 2.66. The average molecular weight is 206 g/mol. The molecule has 78 valence electrons. The predicted octanol–water partition coefficient (Wildman–Crippen LogP) is 2.06. The molecule has 1 aromatic carbocycles. The highest BCUT2D eigenvalue weighted by molar-refractivity contribution is 5.41. The van der Waals surface area contributed by atoms with E-state index in [9.17, 15) is 9.50 Å². The SMILES string of the molecule is CC(O)c1cc(F)ccc1-n1cccn1. The van der Waals surface area contributed by atoms with E-state index < -0.39 is 6.10 Å². The van der Waals surface area contributed by atoms with Crippen molar-refractivity contribution >= 4 is 0 Å². The number of aliphatic hydroxyl groups is 1. The quantitative estimate of drug-likeness (QED) is 0.816. The van der Waals surface area contributed by atoms with E-state index in [-0.39, 0.29) is 5.82 Å². The lowest BCUT2D eigenvalue weighted by Gasteiger charge is -2.11. The van der Waals surface area contributed by atoms with Crippen LogP contribution < -0.4 is 0 Å². The molecule has 0 bridgehead atoms. The maximum absolute atomic E-state index is 13.0. The molecule has 0 saturated heterocycles. The molecule has 0 fully saturated rings. The van der Waals surface area contributed by atoms with E-state index >= 15 is 0 Å². The van der Waals surface area contributed by atoms with E-state index in [0.29, 0.717) is 11.3 Å². The highest BCUT2D eigenvalue weighted by Gasteiger charge is 2.10. The minimum absolute atomic E-state index is 0.359. The van der Waals surface area contributed by atoms with E-state index in [1.165, 1.54) is 12.1 Å². The second-order valence-corrected chi connectivity index (χ2v) is 3.33. The topological polar surface area (TPSA) is 38.0 Å². The van der Waals surface area contributed by atoms with Gasteiger partial charge in [0.15, 0.2) is 0 Å².